The van der Waals surface area contributed by atoms with E-state index in [-0.39, 0.29) is 36.3 Å². The predicted octanol–water partition coefficient (Wildman–Crippen LogP) is 3.28. The van der Waals surface area contributed by atoms with Crippen molar-refractivity contribution < 1.29 is 9.90 Å². The molecule has 0 fully saturated rings. The molecule has 7 heteroatoms. The van der Waals surface area contributed by atoms with Crippen molar-refractivity contribution in [3.8, 4) is 5.75 Å². The van der Waals surface area contributed by atoms with E-state index in [0.717, 1.165) is 18.4 Å². The second-order valence-corrected chi connectivity index (χ2v) is 7.36. The molecule has 2 aromatic rings. The van der Waals surface area contributed by atoms with Gasteiger partial charge in [0.15, 0.2) is 0 Å². The fourth-order valence-corrected chi connectivity index (χ4v) is 3.32. The van der Waals surface area contributed by atoms with Crippen molar-refractivity contribution in [2.45, 2.75) is 31.8 Å². The Labute approximate surface area is 165 Å². The number of phenols is 1. The molecular formula is C19H28ClN3O2S. The van der Waals surface area contributed by atoms with Gasteiger partial charge in [-0.15, -0.1) is 12.4 Å². The van der Waals surface area contributed by atoms with Gasteiger partial charge in [-0.25, -0.2) is 4.79 Å². The summed E-state index contributed by atoms with van der Waals surface area (Å²) in [4.78, 5) is 14.2. The van der Waals surface area contributed by atoms with Gasteiger partial charge in [0.05, 0.1) is 0 Å². The molecule has 2 amide bonds. The van der Waals surface area contributed by atoms with Gasteiger partial charge >= 0.3 is 6.03 Å². The number of thiophene rings is 1. The van der Waals surface area contributed by atoms with E-state index in [1.54, 1.807) is 23.5 Å². The molecule has 26 heavy (non-hydrogen) atoms. The summed E-state index contributed by atoms with van der Waals surface area (Å²) >= 11 is 1.67. The van der Waals surface area contributed by atoms with Crippen LogP contribution in [0, 0.1) is 0 Å². The number of carbonyl (C=O) groups is 1. The highest BCUT2D eigenvalue weighted by atomic mass is 35.5. The molecule has 5 nitrogen and oxygen atoms in total. The fraction of sp³-hybridized carbons (Fsp3) is 0.421. The van der Waals surface area contributed by atoms with Gasteiger partial charge in [-0.1, -0.05) is 12.1 Å². The van der Waals surface area contributed by atoms with Gasteiger partial charge in [-0.05, 0) is 73.9 Å². The standard InChI is InChI=1S/C19H27N3O2S.ClH/c1-14(10-16-8-9-25-13-16)21-19(24)20-12-17(22(2)3)11-15-4-6-18(23)7-5-15;/h4-9,13-14,17,23H,10-12H2,1-3H3,(H2,20,21,24);1H/t14-,17-;/m0./s1. The Kier molecular flexibility index (Phi) is 9.48. The van der Waals surface area contributed by atoms with Crippen LogP contribution >= 0.6 is 23.7 Å². The van der Waals surface area contributed by atoms with Crippen molar-refractivity contribution in [3.05, 3.63) is 52.2 Å². The average Bonchev–Trinajstić information content (AvgIpc) is 3.05. The first kappa shape index (κ1) is 22.3. The molecule has 0 saturated heterocycles. The normalized spacial score (nSPS) is 12.9. The SMILES string of the molecule is C[C@@H](Cc1ccsc1)NC(=O)NC[C@H](Cc1ccc(O)cc1)N(C)C.Cl. The molecule has 144 valence electrons. The minimum Gasteiger partial charge on any atom is -0.508 e. The van der Waals surface area contributed by atoms with Crippen molar-refractivity contribution in [2.24, 2.45) is 0 Å². The van der Waals surface area contributed by atoms with Gasteiger partial charge in [0, 0.05) is 18.6 Å². The van der Waals surface area contributed by atoms with Crippen molar-refractivity contribution in [2.75, 3.05) is 20.6 Å². The number of rotatable bonds is 8. The maximum atomic E-state index is 12.1. The number of hydrogen-bond acceptors (Lipinski definition) is 4. The minimum atomic E-state index is -0.139. The number of halogens is 1. The quantitative estimate of drug-likeness (QED) is 0.640. The Hall–Kier alpha value is -1.76. The summed E-state index contributed by atoms with van der Waals surface area (Å²) in [5.74, 6) is 0.266. The highest BCUT2D eigenvalue weighted by Crippen LogP contribution is 2.12. The van der Waals surface area contributed by atoms with E-state index in [0.29, 0.717) is 6.54 Å². The number of benzene rings is 1. The molecule has 2 rings (SSSR count). The largest absolute Gasteiger partial charge is 0.508 e. The Morgan fingerprint density at radius 2 is 1.85 bits per heavy atom. The number of nitrogens with zero attached hydrogens (tertiary/aromatic N) is 1. The van der Waals surface area contributed by atoms with Gasteiger partial charge in [-0.3, -0.25) is 0 Å². The average molecular weight is 398 g/mol. The van der Waals surface area contributed by atoms with Crippen LogP contribution in [0.1, 0.15) is 18.1 Å². The predicted molar refractivity (Wildman–Crippen MR) is 111 cm³/mol. The van der Waals surface area contributed by atoms with E-state index in [4.69, 9.17) is 0 Å². The highest BCUT2D eigenvalue weighted by molar-refractivity contribution is 7.07. The van der Waals surface area contributed by atoms with Gasteiger partial charge in [0.2, 0.25) is 0 Å². The first-order valence-electron chi connectivity index (χ1n) is 8.44. The van der Waals surface area contributed by atoms with Gasteiger partial charge in [0.25, 0.3) is 0 Å². The minimum absolute atomic E-state index is 0. The number of carbonyl (C=O) groups excluding carboxylic acids is 1. The zero-order valence-electron chi connectivity index (χ0n) is 15.4. The van der Waals surface area contributed by atoms with Crippen LogP contribution in [0.2, 0.25) is 0 Å². The first-order chi connectivity index (χ1) is 11.9. The molecule has 0 bridgehead atoms. The molecule has 0 saturated carbocycles. The van der Waals surface area contributed by atoms with Crippen molar-refractivity contribution >= 4 is 29.8 Å². The Bertz CT molecular complexity index is 647. The van der Waals surface area contributed by atoms with Crippen LogP contribution in [-0.4, -0.2) is 48.8 Å². The molecule has 0 aliphatic rings. The maximum absolute atomic E-state index is 12.1. The lowest BCUT2D eigenvalue weighted by molar-refractivity contribution is 0.229. The van der Waals surface area contributed by atoms with Gasteiger partial charge < -0.3 is 20.6 Å². The molecule has 0 aliphatic carbocycles. The highest BCUT2D eigenvalue weighted by Gasteiger charge is 2.15. The van der Waals surface area contributed by atoms with Crippen LogP contribution < -0.4 is 10.6 Å². The molecule has 0 spiro atoms. The summed E-state index contributed by atoms with van der Waals surface area (Å²) in [5, 5.41) is 19.5. The zero-order valence-corrected chi connectivity index (χ0v) is 17.1. The summed E-state index contributed by atoms with van der Waals surface area (Å²) in [6.07, 6.45) is 1.64. The van der Waals surface area contributed by atoms with Crippen LogP contribution in [-0.2, 0) is 12.8 Å². The maximum Gasteiger partial charge on any atom is 0.315 e. The lowest BCUT2D eigenvalue weighted by Crippen LogP contribution is -2.47. The Balaban J connectivity index is 0.00000338. The zero-order chi connectivity index (χ0) is 18.2. The van der Waals surface area contributed by atoms with Crippen molar-refractivity contribution in [1.82, 2.24) is 15.5 Å². The number of hydrogen-bond donors (Lipinski definition) is 3. The molecule has 1 heterocycles. The van der Waals surface area contributed by atoms with E-state index >= 15 is 0 Å². The Morgan fingerprint density at radius 1 is 1.15 bits per heavy atom. The molecule has 0 unspecified atom stereocenters. The summed E-state index contributed by atoms with van der Waals surface area (Å²) < 4.78 is 0. The number of nitrogens with one attached hydrogen (secondary N) is 2. The van der Waals surface area contributed by atoms with Crippen LogP contribution in [0.3, 0.4) is 0 Å². The summed E-state index contributed by atoms with van der Waals surface area (Å²) in [7, 11) is 4.01. The third-order valence-corrected chi connectivity index (χ3v) is 4.87. The molecule has 3 N–H and O–H groups in total. The van der Waals surface area contributed by atoms with Crippen LogP contribution in [0.4, 0.5) is 4.79 Å². The van der Waals surface area contributed by atoms with Crippen LogP contribution in [0.5, 0.6) is 5.75 Å². The molecule has 1 aromatic heterocycles. The lowest BCUT2D eigenvalue weighted by Gasteiger charge is -2.25. The van der Waals surface area contributed by atoms with Crippen molar-refractivity contribution in [3.63, 3.8) is 0 Å². The lowest BCUT2D eigenvalue weighted by atomic mass is 10.0. The number of amides is 2. The van der Waals surface area contributed by atoms with E-state index in [1.165, 1.54) is 5.56 Å². The van der Waals surface area contributed by atoms with E-state index in [2.05, 4.69) is 27.0 Å². The number of urea groups is 1. The second-order valence-electron chi connectivity index (χ2n) is 6.58. The third kappa shape index (κ3) is 7.64. The number of aromatic hydroxyl groups is 1. The van der Waals surface area contributed by atoms with Crippen LogP contribution in [0.25, 0.3) is 0 Å². The van der Waals surface area contributed by atoms with E-state index in [9.17, 15) is 9.90 Å². The van der Waals surface area contributed by atoms with Crippen LogP contribution in [0.15, 0.2) is 41.1 Å². The molecule has 1 aromatic carbocycles. The topological polar surface area (TPSA) is 64.6 Å². The van der Waals surface area contributed by atoms with Crippen molar-refractivity contribution in [1.29, 1.82) is 0 Å². The van der Waals surface area contributed by atoms with E-state index in [1.807, 2.05) is 38.5 Å². The fourth-order valence-electron chi connectivity index (χ4n) is 2.64. The third-order valence-electron chi connectivity index (χ3n) is 4.14. The molecule has 0 radical (unpaired) electrons. The molecular weight excluding hydrogens is 370 g/mol. The van der Waals surface area contributed by atoms with E-state index < -0.39 is 0 Å². The summed E-state index contributed by atoms with van der Waals surface area (Å²) in [5.41, 5.74) is 2.38. The second kappa shape index (κ2) is 11.1. The first-order valence-corrected chi connectivity index (χ1v) is 9.38. The summed E-state index contributed by atoms with van der Waals surface area (Å²) in [6.45, 7) is 2.57. The number of phenolic OH excluding ortho intramolecular Hbond substituents is 1. The van der Waals surface area contributed by atoms with Gasteiger partial charge in [-0.2, -0.15) is 11.3 Å². The molecule has 2 atom stereocenters. The number of likely N-dealkylation sites (N-methyl/N-ethyl adjacent to an activating group) is 1. The smallest absolute Gasteiger partial charge is 0.315 e. The Morgan fingerprint density at radius 3 is 2.42 bits per heavy atom. The summed E-state index contributed by atoms with van der Waals surface area (Å²) in [6, 6.07) is 9.42. The van der Waals surface area contributed by atoms with Gasteiger partial charge in [0.1, 0.15) is 5.75 Å². The molecule has 0 aliphatic heterocycles. The monoisotopic (exact) mass is 397 g/mol.